The predicted molar refractivity (Wildman–Crippen MR) is 77.9 cm³/mol. The van der Waals surface area contributed by atoms with E-state index in [1.54, 1.807) is 18.4 Å². The Kier molecular flexibility index (Phi) is 5.15. The number of aromatic nitrogens is 1. The maximum absolute atomic E-state index is 5.54. The zero-order chi connectivity index (χ0) is 13.7. The van der Waals surface area contributed by atoms with Crippen LogP contribution in [0.15, 0.2) is 5.38 Å². The normalized spacial score (nSPS) is 18.8. The molecule has 1 saturated heterocycles. The number of morpholine rings is 1. The first-order valence-electron chi connectivity index (χ1n) is 6.63. The number of rotatable bonds is 6. The third-order valence-corrected chi connectivity index (χ3v) is 4.12. The maximum atomic E-state index is 5.54. The Balaban J connectivity index is 1.92. The molecule has 1 aromatic heterocycles. The molecule has 0 aromatic carbocycles. The van der Waals surface area contributed by atoms with Gasteiger partial charge in [-0.1, -0.05) is 0 Å². The van der Waals surface area contributed by atoms with Crippen molar-refractivity contribution in [1.29, 1.82) is 0 Å². The van der Waals surface area contributed by atoms with E-state index in [0.29, 0.717) is 0 Å². The Hall–Kier alpha value is -0.690. The Labute approximate surface area is 118 Å². The van der Waals surface area contributed by atoms with E-state index in [1.807, 2.05) is 0 Å². The number of anilines is 1. The second kappa shape index (κ2) is 6.65. The van der Waals surface area contributed by atoms with Crippen molar-refractivity contribution in [3.8, 4) is 0 Å². The molecular formula is C13H23N3O2S. The van der Waals surface area contributed by atoms with Gasteiger partial charge in [0.2, 0.25) is 0 Å². The molecule has 108 valence electrons. The number of thiazole rings is 1. The summed E-state index contributed by atoms with van der Waals surface area (Å²) in [7, 11) is 1.71. The van der Waals surface area contributed by atoms with Gasteiger partial charge in [0.25, 0.3) is 0 Å². The number of nitrogens with zero attached hydrogens (tertiary/aromatic N) is 2. The van der Waals surface area contributed by atoms with Crippen LogP contribution in [-0.4, -0.2) is 50.5 Å². The Bertz CT molecular complexity index is 395. The molecule has 1 aliphatic heterocycles. The Morgan fingerprint density at radius 3 is 3.16 bits per heavy atom. The van der Waals surface area contributed by atoms with Crippen LogP contribution in [0.5, 0.6) is 0 Å². The van der Waals surface area contributed by atoms with Gasteiger partial charge >= 0.3 is 0 Å². The summed E-state index contributed by atoms with van der Waals surface area (Å²) >= 11 is 1.71. The molecule has 19 heavy (non-hydrogen) atoms. The molecule has 0 aliphatic carbocycles. The molecular weight excluding hydrogens is 262 g/mol. The molecule has 1 fully saturated rings. The van der Waals surface area contributed by atoms with Crippen molar-refractivity contribution < 1.29 is 9.47 Å². The highest BCUT2D eigenvalue weighted by Gasteiger charge is 2.32. The molecule has 0 atom stereocenters. The van der Waals surface area contributed by atoms with E-state index in [0.717, 1.165) is 50.3 Å². The summed E-state index contributed by atoms with van der Waals surface area (Å²) in [6.45, 7) is 9.23. The molecule has 1 aromatic rings. The van der Waals surface area contributed by atoms with Crippen molar-refractivity contribution in [2.45, 2.75) is 25.9 Å². The lowest BCUT2D eigenvalue weighted by molar-refractivity contribution is 0.0643. The first-order valence-corrected chi connectivity index (χ1v) is 7.51. The van der Waals surface area contributed by atoms with Gasteiger partial charge in [0.15, 0.2) is 5.13 Å². The highest BCUT2D eigenvalue weighted by atomic mass is 32.1. The predicted octanol–water partition coefficient (Wildman–Crippen LogP) is 1.49. The third-order valence-electron chi connectivity index (χ3n) is 3.20. The summed E-state index contributed by atoms with van der Waals surface area (Å²) < 4.78 is 10.5. The summed E-state index contributed by atoms with van der Waals surface area (Å²) in [6, 6.07) is 0. The van der Waals surface area contributed by atoms with E-state index in [1.165, 1.54) is 0 Å². The molecule has 2 heterocycles. The minimum absolute atomic E-state index is 0.0247. The van der Waals surface area contributed by atoms with Crippen molar-refractivity contribution >= 4 is 16.5 Å². The lowest BCUT2D eigenvalue weighted by atomic mass is 10.0. The zero-order valence-electron chi connectivity index (χ0n) is 11.9. The van der Waals surface area contributed by atoms with Gasteiger partial charge in [0.1, 0.15) is 0 Å². The second-order valence-electron chi connectivity index (χ2n) is 5.31. The fourth-order valence-electron chi connectivity index (χ4n) is 2.11. The van der Waals surface area contributed by atoms with Crippen molar-refractivity contribution in [2.75, 3.05) is 44.9 Å². The van der Waals surface area contributed by atoms with Gasteiger partial charge in [0, 0.05) is 32.1 Å². The summed E-state index contributed by atoms with van der Waals surface area (Å²) in [5.74, 6) is 0. The Morgan fingerprint density at radius 2 is 2.42 bits per heavy atom. The number of ether oxygens (including phenoxy) is 2. The number of methoxy groups -OCH3 is 1. The van der Waals surface area contributed by atoms with Crippen molar-refractivity contribution in [1.82, 2.24) is 10.3 Å². The van der Waals surface area contributed by atoms with Gasteiger partial charge in [-0.2, -0.15) is 0 Å². The summed E-state index contributed by atoms with van der Waals surface area (Å²) in [5.41, 5.74) is 1.12. The first kappa shape index (κ1) is 14.7. The third kappa shape index (κ3) is 3.89. The summed E-state index contributed by atoms with van der Waals surface area (Å²) in [6.07, 6.45) is 0. The second-order valence-corrected chi connectivity index (χ2v) is 6.14. The van der Waals surface area contributed by atoms with Crippen LogP contribution in [0.25, 0.3) is 0 Å². The molecule has 6 heteroatoms. The van der Waals surface area contributed by atoms with E-state index in [2.05, 4.69) is 29.4 Å². The number of hydrogen-bond donors (Lipinski definition) is 1. The first-order chi connectivity index (χ1) is 9.13. The van der Waals surface area contributed by atoms with Crippen LogP contribution < -0.4 is 10.2 Å². The van der Waals surface area contributed by atoms with Gasteiger partial charge < -0.3 is 19.7 Å². The van der Waals surface area contributed by atoms with E-state index < -0.39 is 0 Å². The van der Waals surface area contributed by atoms with Gasteiger partial charge in [0.05, 0.1) is 31.1 Å². The molecule has 1 N–H and O–H groups in total. The van der Waals surface area contributed by atoms with Crippen LogP contribution in [0.2, 0.25) is 0 Å². The van der Waals surface area contributed by atoms with Crippen LogP contribution in [0.1, 0.15) is 19.5 Å². The summed E-state index contributed by atoms with van der Waals surface area (Å²) in [5, 5.41) is 6.54. The maximum Gasteiger partial charge on any atom is 0.186 e. The summed E-state index contributed by atoms with van der Waals surface area (Å²) in [4.78, 5) is 7.06. The molecule has 0 amide bonds. The van der Waals surface area contributed by atoms with E-state index >= 15 is 0 Å². The van der Waals surface area contributed by atoms with Crippen LogP contribution in [0.3, 0.4) is 0 Å². The van der Waals surface area contributed by atoms with Gasteiger partial charge in [-0.3, -0.25) is 0 Å². The molecule has 1 aliphatic rings. The van der Waals surface area contributed by atoms with Gasteiger partial charge in [-0.25, -0.2) is 4.98 Å². The van der Waals surface area contributed by atoms with Gasteiger partial charge in [-0.05, 0) is 13.8 Å². The van der Waals surface area contributed by atoms with Crippen LogP contribution in [0.4, 0.5) is 5.13 Å². The Morgan fingerprint density at radius 1 is 1.58 bits per heavy atom. The van der Waals surface area contributed by atoms with E-state index in [-0.39, 0.29) is 5.54 Å². The lowest BCUT2D eigenvalue weighted by Gasteiger charge is -2.42. The van der Waals surface area contributed by atoms with E-state index in [4.69, 9.17) is 14.5 Å². The minimum Gasteiger partial charge on any atom is -0.383 e. The smallest absolute Gasteiger partial charge is 0.186 e. The fourth-order valence-corrected chi connectivity index (χ4v) is 3.12. The monoisotopic (exact) mass is 285 g/mol. The molecule has 5 nitrogen and oxygen atoms in total. The molecule has 0 saturated carbocycles. The number of hydrogen-bond acceptors (Lipinski definition) is 6. The standard InChI is InChI=1S/C13H23N3O2S/c1-13(2)10-18-7-5-16(13)12-15-11(9-19-12)8-14-4-6-17-3/h9,14H,4-8,10H2,1-3H3. The quantitative estimate of drug-likeness (QED) is 0.803. The SMILES string of the molecule is COCCNCc1csc(N2CCOCC2(C)C)n1. The fraction of sp³-hybridized carbons (Fsp3) is 0.769. The van der Waals surface area contributed by atoms with Crippen LogP contribution in [0, 0.1) is 0 Å². The highest BCUT2D eigenvalue weighted by molar-refractivity contribution is 7.13. The van der Waals surface area contributed by atoms with Crippen molar-refractivity contribution in [2.24, 2.45) is 0 Å². The average Bonchev–Trinajstić information content (AvgIpc) is 2.82. The number of nitrogens with one attached hydrogen (secondary N) is 1. The minimum atomic E-state index is 0.0247. The molecule has 0 spiro atoms. The lowest BCUT2D eigenvalue weighted by Crippen LogP contribution is -2.53. The molecule has 2 rings (SSSR count). The zero-order valence-corrected chi connectivity index (χ0v) is 12.8. The van der Waals surface area contributed by atoms with Crippen LogP contribution >= 0.6 is 11.3 Å². The molecule has 0 bridgehead atoms. The van der Waals surface area contributed by atoms with Crippen LogP contribution in [-0.2, 0) is 16.0 Å². The highest BCUT2D eigenvalue weighted by Crippen LogP contribution is 2.29. The van der Waals surface area contributed by atoms with Gasteiger partial charge in [-0.15, -0.1) is 11.3 Å². The molecule has 0 unspecified atom stereocenters. The van der Waals surface area contributed by atoms with Crippen molar-refractivity contribution in [3.63, 3.8) is 0 Å². The topological polar surface area (TPSA) is 46.6 Å². The van der Waals surface area contributed by atoms with Crippen molar-refractivity contribution in [3.05, 3.63) is 11.1 Å². The largest absolute Gasteiger partial charge is 0.383 e. The van der Waals surface area contributed by atoms with E-state index in [9.17, 15) is 0 Å². The molecule has 0 radical (unpaired) electrons. The average molecular weight is 285 g/mol.